The normalized spacial score (nSPS) is 20.5. The topological polar surface area (TPSA) is 49.3 Å². The number of benzene rings is 1. The van der Waals surface area contributed by atoms with E-state index in [1.165, 1.54) is 6.07 Å². The van der Waals surface area contributed by atoms with E-state index < -0.39 is 11.7 Å². The van der Waals surface area contributed by atoms with Crippen LogP contribution in [0.25, 0.3) is 0 Å². The summed E-state index contributed by atoms with van der Waals surface area (Å²) in [5, 5.41) is 3.18. The number of alkyl halides is 3. The molecule has 9 heteroatoms. The Morgan fingerprint density at radius 3 is 2.63 bits per heavy atom. The van der Waals surface area contributed by atoms with Gasteiger partial charge in [-0.15, -0.1) is 0 Å². The fourth-order valence-electron chi connectivity index (χ4n) is 3.82. The predicted octanol–water partition coefficient (Wildman–Crippen LogP) is 2.98. The SMILES string of the molecule is CCNC(=NCc1ccc(N2CCOCC2)cc1C(F)(F)F)N(C)CC1CCOC1. The van der Waals surface area contributed by atoms with E-state index in [1.807, 2.05) is 23.8 Å². The molecule has 1 aromatic carbocycles. The zero-order valence-corrected chi connectivity index (χ0v) is 17.7. The van der Waals surface area contributed by atoms with Crippen molar-refractivity contribution in [2.75, 3.05) is 64.6 Å². The highest BCUT2D eigenvalue weighted by molar-refractivity contribution is 5.79. The summed E-state index contributed by atoms with van der Waals surface area (Å²) in [6, 6.07) is 4.53. The number of rotatable bonds is 6. The van der Waals surface area contributed by atoms with Crippen LogP contribution in [-0.2, 0) is 22.2 Å². The molecule has 6 nitrogen and oxygen atoms in total. The molecular formula is C21H31F3N4O2. The predicted molar refractivity (Wildman–Crippen MR) is 111 cm³/mol. The number of nitrogens with one attached hydrogen (secondary N) is 1. The molecule has 1 atom stereocenters. The lowest BCUT2D eigenvalue weighted by Crippen LogP contribution is -2.41. The van der Waals surface area contributed by atoms with E-state index in [2.05, 4.69) is 10.3 Å². The number of hydrogen-bond donors (Lipinski definition) is 1. The van der Waals surface area contributed by atoms with Crippen LogP contribution in [0.2, 0.25) is 0 Å². The minimum absolute atomic E-state index is 0.0356. The molecule has 0 aromatic heterocycles. The number of guanidine groups is 1. The van der Waals surface area contributed by atoms with Gasteiger partial charge in [0.1, 0.15) is 0 Å². The Hall–Kier alpha value is -2.00. The number of aliphatic imine (C=N–C) groups is 1. The van der Waals surface area contributed by atoms with Crippen LogP contribution in [0.4, 0.5) is 18.9 Å². The van der Waals surface area contributed by atoms with Crippen LogP contribution in [-0.4, -0.2) is 70.5 Å². The Labute approximate surface area is 176 Å². The van der Waals surface area contributed by atoms with Crippen molar-refractivity contribution in [1.82, 2.24) is 10.2 Å². The first-order valence-corrected chi connectivity index (χ1v) is 10.5. The Balaban J connectivity index is 1.78. The number of ether oxygens (including phenoxy) is 2. The molecule has 1 N–H and O–H groups in total. The Morgan fingerprint density at radius 2 is 2.00 bits per heavy atom. The molecule has 3 rings (SSSR count). The summed E-state index contributed by atoms with van der Waals surface area (Å²) in [6.45, 7) is 7.02. The first-order valence-electron chi connectivity index (χ1n) is 10.5. The van der Waals surface area contributed by atoms with Crippen LogP contribution in [0.3, 0.4) is 0 Å². The van der Waals surface area contributed by atoms with Gasteiger partial charge in [0.15, 0.2) is 5.96 Å². The molecule has 30 heavy (non-hydrogen) atoms. The maximum atomic E-state index is 13.8. The zero-order valence-electron chi connectivity index (χ0n) is 17.7. The summed E-state index contributed by atoms with van der Waals surface area (Å²) in [5.74, 6) is 1.02. The molecule has 2 heterocycles. The third-order valence-electron chi connectivity index (χ3n) is 5.43. The van der Waals surface area contributed by atoms with Crippen LogP contribution in [0.1, 0.15) is 24.5 Å². The lowest BCUT2D eigenvalue weighted by molar-refractivity contribution is -0.138. The highest BCUT2D eigenvalue weighted by Crippen LogP contribution is 2.35. The summed E-state index contributed by atoms with van der Waals surface area (Å²) in [6.07, 6.45) is -3.44. The van der Waals surface area contributed by atoms with Crippen molar-refractivity contribution in [3.63, 3.8) is 0 Å². The summed E-state index contributed by atoms with van der Waals surface area (Å²) in [7, 11) is 1.91. The zero-order chi connectivity index (χ0) is 21.6. The standard InChI is InChI=1S/C21H31F3N4O2/c1-3-25-20(27(2)14-16-6-9-30-15-16)26-13-17-4-5-18(12-19(17)21(22,23)24)28-7-10-29-11-8-28/h4-5,12,16H,3,6-11,13-15H2,1-2H3,(H,25,26). The second-order valence-corrected chi connectivity index (χ2v) is 7.72. The average Bonchev–Trinajstić information content (AvgIpc) is 3.24. The number of hydrogen-bond acceptors (Lipinski definition) is 4. The van der Waals surface area contributed by atoms with E-state index >= 15 is 0 Å². The van der Waals surface area contributed by atoms with E-state index in [-0.39, 0.29) is 12.1 Å². The van der Waals surface area contributed by atoms with E-state index in [4.69, 9.17) is 9.47 Å². The van der Waals surface area contributed by atoms with Crippen molar-refractivity contribution < 1.29 is 22.6 Å². The molecule has 1 aromatic rings. The van der Waals surface area contributed by atoms with Crippen LogP contribution in [0.5, 0.6) is 0 Å². The lowest BCUT2D eigenvalue weighted by atomic mass is 10.1. The molecule has 0 spiro atoms. The Bertz CT molecular complexity index is 715. The molecule has 2 fully saturated rings. The molecule has 0 amide bonds. The van der Waals surface area contributed by atoms with Crippen LogP contribution in [0.15, 0.2) is 23.2 Å². The van der Waals surface area contributed by atoms with Crippen LogP contribution in [0, 0.1) is 5.92 Å². The minimum atomic E-state index is -4.43. The average molecular weight is 428 g/mol. The molecule has 0 bridgehead atoms. The molecule has 2 saturated heterocycles. The van der Waals surface area contributed by atoms with Crippen molar-refractivity contribution in [1.29, 1.82) is 0 Å². The first-order chi connectivity index (χ1) is 14.4. The summed E-state index contributed by atoms with van der Waals surface area (Å²) in [5.41, 5.74) is 0.120. The van der Waals surface area contributed by atoms with Gasteiger partial charge in [0.25, 0.3) is 0 Å². The van der Waals surface area contributed by atoms with Gasteiger partial charge in [0, 0.05) is 51.4 Å². The molecular weight excluding hydrogens is 397 g/mol. The molecule has 2 aliphatic rings. The number of anilines is 1. The summed E-state index contributed by atoms with van der Waals surface area (Å²) in [4.78, 5) is 8.39. The van der Waals surface area contributed by atoms with Crippen molar-refractivity contribution in [3.8, 4) is 0 Å². The van der Waals surface area contributed by atoms with Crippen molar-refractivity contribution >= 4 is 11.6 Å². The molecule has 168 valence electrons. The molecule has 2 aliphatic heterocycles. The molecule has 0 saturated carbocycles. The van der Waals surface area contributed by atoms with Gasteiger partial charge < -0.3 is 24.6 Å². The minimum Gasteiger partial charge on any atom is -0.381 e. The van der Waals surface area contributed by atoms with Crippen molar-refractivity contribution in [2.24, 2.45) is 10.9 Å². The molecule has 0 aliphatic carbocycles. The molecule has 0 radical (unpaired) electrons. The smallest absolute Gasteiger partial charge is 0.381 e. The monoisotopic (exact) mass is 428 g/mol. The van der Waals surface area contributed by atoms with Gasteiger partial charge in [0.2, 0.25) is 0 Å². The summed E-state index contributed by atoms with van der Waals surface area (Å²) >= 11 is 0. The van der Waals surface area contributed by atoms with Crippen LogP contribution >= 0.6 is 0 Å². The number of nitrogens with zero attached hydrogens (tertiary/aromatic N) is 3. The van der Waals surface area contributed by atoms with Gasteiger partial charge in [-0.05, 0) is 31.0 Å². The molecule has 1 unspecified atom stereocenters. The quantitative estimate of drug-likeness (QED) is 0.558. The number of morpholine rings is 1. The second kappa shape index (κ2) is 10.3. The maximum absolute atomic E-state index is 13.8. The van der Waals surface area contributed by atoms with Crippen molar-refractivity contribution in [3.05, 3.63) is 29.3 Å². The van der Waals surface area contributed by atoms with Crippen molar-refractivity contribution in [2.45, 2.75) is 26.1 Å². The Morgan fingerprint density at radius 1 is 1.23 bits per heavy atom. The van der Waals surface area contributed by atoms with E-state index in [1.54, 1.807) is 12.1 Å². The highest BCUT2D eigenvalue weighted by Gasteiger charge is 2.34. The largest absolute Gasteiger partial charge is 0.416 e. The van der Waals surface area contributed by atoms with E-state index in [0.29, 0.717) is 57.0 Å². The van der Waals surface area contributed by atoms with Crippen LogP contribution < -0.4 is 10.2 Å². The van der Waals surface area contributed by atoms with Gasteiger partial charge in [-0.1, -0.05) is 6.07 Å². The van der Waals surface area contributed by atoms with E-state index in [0.717, 1.165) is 19.6 Å². The third-order valence-corrected chi connectivity index (χ3v) is 5.43. The number of halogens is 3. The Kier molecular flexibility index (Phi) is 7.82. The van der Waals surface area contributed by atoms with Gasteiger partial charge in [-0.25, -0.2) is 4.99 Å². The maximum Gasteiger partial charge on any atom is 0.416 e. The van der Waals surface area contributed by atoms with Gasteiger partial charge in [-0.2, -0.15) is 13.2 Å². The highest BCUT2D eigenvalue weighted by atomic mass is 19.4. The van der Waals surface area contributed by atoms with Gasteiger partial charge in [-0.3, -0.25) is 0 Å². The second-order valence-electron chi connectivity index (χ2n) is 7.72. The lowest BCUT2D eigenvalue weighted by Gasteiger charge is -2.29. The third kappa shape index (κ3) is 6.01. The van der Waals surface area contributed by atoms with E-state index in [9.17, 15) is 13.2 Å². The van der Waals surface area contributed by atoms with Gasteiger partial charge in [0.05, 0.1) is 31.9 Å². The summed E-state index contributed by atoms with van der Waals surface area (Å²) < 4.78 is 52.0. The fourth-order valence-corrected chi connectivity index (χ4v) is 3.82. The fraction of sp³-hybridized carbons (Fsp3) is 0.667. The van der Waals surface area contributed by atoms with Gasteiger partial charge >= 0.3 is 6.18 Å². The first kappa shape index (κ1) is 22.7.